The molecule has 2 fully saturated rings. The van der Waals surface area contributed by atoms with E-state index in [1.165, 1.54) is 32.1 Å². The van der Waals surface area contributed by atoms with E-state index in [9.17, 15) is 4.79 Å². The van der Waals surface area contributed by atoms with Crippen LogP contribution in [-0.4, -0.2) is 31.7 Å². The Kier molecular flexibility index (Phi) is 5.01. The Labute approximate surface area is 110 Å². The van der Waals surface area contributed by atoms with E-state index in [1.54, 1.807) is 0 Å². The van der Waals surface area contributed by atoms with E-state index in [-0.39, 0.29) is 17.9 Å². The number of nitrogens with one attached hydrogen (secondary N) is 1. The molecule has 1 saturated carbocycles. The molecule has 0 aromatic heterocycles. The maximum absolute atomic E-state index is 11.9. The van der Waals surface area contributed by atoms with Crippen LogP contribution in [0, 0.1) is 17.8 Å². The van der Waals surface area contributed by atoms with Crippen LogP contribution in [-0.2, 0) is 9.53 Å². The molecule has 1 heterocycles. The predicted molar refractivity (Wildman–Crippen MR) is 71.0 cm³/mol. The number of amides is 1. The molecule has 4 heteroatoms. The molecular formula is C14H26N2O2. The van der Waals surface area contributed by atoms with Gasteiger partial charge in [-0.25, -0.2) is 0 Å². The molecule has 2 atom stereocenters. The fourth-order valence-electron chi connectivity index (χ4n) is 3.06. The van der Waals surface area contributed by atoms with E-state index < -0.39 is 0 Å². The van der Waals surface area contributed by atoms with Crippen molar-refractivity contribution in [1.82, 2.24) is 5.32 Å². The SMILES string of the molecule is CCC1CCC(CNC(=O)C2COCC2N)CC1. The van der Waals surface area contributed by atoms with Crippen molar-refractivity contribution in [2.75, 3.05) is 19.8 Å². The van der Waals surface area contributed by atoms with Crippen LogP contribution in [0.2, 0.25) is 0 Å². The van der Waals surface area contributed by atoms with Crippen molar-refractivity contribution < 1.29 is 9.53 Å². The molecule has 1 aliphatic heterocycles. The fourth-order valence-corrected chi connectivity index (χ4v) is 3.06. The van der Waals surface area contributed by atoms with Gasteiger partial charge < -0.3 is 15.8 Å². The molecular weight excluding hydrogens is 228 g/mol. The number of ether oxygens (including phenoxy) is 1. The molecule has 2 unspecified atom stereocenters. The van der Waals surface area contributed by atoms with E-state index in [0.29, 0.717) is 19.1 Å². The highest BCUT2D eigenvalue weighted by Gasteiger charge is 2.31. The molecule has 4 nitrogen and oxygen atoms in total. The van der Waals surface area contributed by atoms with Crippen molar-refractivity contribution in [3.05, 3.63) is 0 Å². The Morgan fingerprint density at radius 3 is 2.44 bits per heavy atom. The highest BCUT2D eigenvalue weighted by molar-refractivity contribution is 5.79. The first-order chi connectivity index (χ1) is 8.70. The maximum atomic E-state index is 11.9. The van der Waals surface area contributed by atoms with E-state index in [1.807, 2.05) is 0 Å². The van der Waals surface area contributed by atoms with Crippen LogP contribution in [0.15, 0.2) is 0 Å². The lowest BCUT2D eigenvalue weighted by molar-refractivity contribution is -0.125. The summed E-state index contributed by atoms with van der Waals surface area (Å²) in [7, 11) is 0. The molecule has 18 heavy (non-hydrogen) atoms. The molecule has 0 bridgehead atoms. The Morgan fingerprint density at radius 2 is 1.89 bits per heavy atom. The highest BCUT2D eigenvalue weighted by atomic mass is 16.5. The van der Waals surface area contributed by atoms with Gasteiger partial charge in [-0.15, -0.1) is 0 Å². The van der Waals surface area contributed by atoms with Crippen molar-refractivity contribution in [3.63, 3.8) is 0 Å². The van der Waals surface area contributed by atoms with Gasteiger partial charge in [0.05, 0.1) is 19.1 Å². The molecule has 0 spiro atoms. The summed E-state index contributed by atoms with van der Waals surface area (Å²) in [4.78, 5) is 11.9. The van der Waals surface area contributed by atoms with Crippen LogP contribution in [0.4, 0.5) is 0 Å². The van der Waals surface area contributed by atoms with E-state index in [2.05, 4.69) is 12.2 Å². The molecule has 0 aromatic carbocycles. The van der Waals surface area contributed by atoms with Crippen molar-refractivity contribution >= 4 is 5.91 Å². The van der Waals surface area contributed by atoms with Crippen molar-refractivity contribution in [3.8, 4) is 0 Å². The summed E-state index contributed by atoms with van der Waals surface area (Å²) in [5, 5.41) is 3.06. The molecule has 1 saturated heterocycles. The van der Waals surface area contributed by atoms with Gasteiger partial charge in [-0.1, -0.05) is 26.2 Å². The molecule has 2 rings (SSSR count). The number of hydrogen-bond acceptors (Lipinski definition) is 3. The van der Waals surface area contributed by atoms with Crippen LogP contribution in [0.1, 0.15) is 39.0 Å². The second-order valence-electron chi connectivity index (χ2n) is 5.85. The van der Waals surface area contributed by atoms with E-state index >= 15 is 0 Å². The van der Waals surface area contributed by atoms with Gasteiger partial charge in [-0.2, -0.15) is 0 Å². The second-order valence-corrected chi connectivity index (χ2v) is 5.85. The molecule has 1 amide bonds. The Hall–Kier alpha value is -0.610. The summed E-state index contributed by atoms with van der Waals surface area (Å²) < 4.78 is 5.23. The largest absolute Gasteiger partial charge is 0.379 e. The molecule has 104 valence electrons. The minimum atomic E-state index is -0.142. The third-order valence-corrected chi connectivity index (χ3v) is 4.57. The quantitative estimate of drug-likeness (QED) is 0.794. The Morgan fingerprint density at radius 1 is 1.22 bits per heavy atom. The first kappa shape index (κ1) is 13.8. The Balaban J connectivity index is 1.67. The van der Waals surface area contributed by atoms with Gasteiger partial charge >= 0.3 is 0 Å². The van der Waals surface area contributed by atoms with Crippen LogP contribution in [0.5, 0.6) is 0 Å². The molecule has 3 N–H and O–H groups in total. The van der Waals surface area contributed by atoms with Crippen LogP contribution in [0.3, 0.4) is 0 Å². The summed E-state index contributed by atoms with van der Waals surface area (Å²) in [6.07, 6.45) is 6.46. The number of carbonyl (C=O) groups is 1. The summed E-state index contributed by atoms with van der Waals surface area (Å²) in [5.74, 6) is 1.51. The molecule has 0 aromatic rings. The monoisotopic (exact) mass is 254 g/mol. The third-order valence-electron chi connectivity index (χ3n) is 4.57. The first-order valence-corrected chi connectivity index (χ1v) is 7.31. The average Bonchev–Trinajstić information content (AvgIpc) is 2.83. The lowest BCUT2D eigenvalue weighted by atomic mass is 9.81. The zero-order valence-corrected chi connectivity index (χ0v) is 11.4. The van der Waals surface area contributed by atoms with Gasteiger partial charge in [-0.05, 0) is 24.7 Å². The Bertz CT molecular complexity index is 275. The van der Waals surface area contributed by atoms with Gasteiger partial charge in [0.1, 0.15) is 0 Å². The van der Waals surface area contributed by atoms with Crippen LogP contribution < -0.4 is 11.1 Å². The lowest BCUT2D eigenvalue weighted by Gasteiger charge is -2.28. The molecule has 2 aliphatic rings. The topological polar surface area (TPSA) is 64.3 Å². The maximum Gasteiger partial charge on any atom is 0.227 e. The van der Waals surface area contributed by atoms with Gasteiger partial charge in [0.15, 0.2) is 0 Å². The van der Waals surface area contributed by atoms with Crippen molar-refractivity contribution in [2.45, 2.75) is 45.1 Å². The summed E-state index contributed by atoms with van der Waals surface area (Å²) in [5.41, 5.74) is 5.84. The number of nitrogens with two attached hydrogens (primary N) is 1. The molecule has 1 aliphatic carbocycles. The van der Waals surface area contributed by atoms with Gasteiger partial charge in [-0.3, -0.25) is 4.79 Å². The summed E-state index contributed by atoms with van der Waals surface area (Å²) in [6, 6.07) is -0.124. The standard InChI is InChI=1S/C14H26N2O2/c1-2-10-3-5-11(6-4-10)7-16-14(17)12-8-18-9-13(12)15/h10-13H,2-9,15H2,1H3,(H,16,17). The first-order valence-electron chi connectivity index (χ1n) is 7.31. The zero-order chi connectivity index (χ0) is 13.0. The highest BCUT2D eigenvalue weighted by Crippen LogP contribution is 2.30. The number of rotatable bonds is 4. The third kappa shape index (κ3) is 3.45. The summed E-state index contributed by atoms with van der Waals surface area (Å²) in [6.45, 7) is 4.09. The van der Waals surface area contributed by atoms with Crippen LogP contribution >= 0.6 is 0 Å². The number of hydrogen-bond donors (Lipinski definition) is 2. The van der Waals surface area contributed by atoms with E-state index in [0.717, 1.165) is 12.5 Å². The van der Waals surface area contributed by atoms with Gasteiger partial charge in [0.2, 0.25) is 5.91 Å². The second kappa shape index (κ2) is 6.53. The average molecular weight is 254 g/mol. The van der Waals surface area contributed by atoms with Gasteiger partial charge in [0.25, 0.3) is 0 Å². The lowest BCUT2D eigenvalue weighted by Crippen LogP contribution is -2.42. The van der Waals surface area contributed by atoms with E-state index in [4.69, 9.17) is 10.5 Å². The predicted octanol–water partition coefficient (Wildman–Crippen LogP) is 1.29. The normalized spacial score (nSPS) is 36.6. The molecule has 0 radical (unpaired) electrons. The van der Waals surface area contributed by atoms with Crippen molar-refractivity contribution in [2.24, 2.45) is 23.5 Å². The van der Waals surface area contributed by atoms with Gasteiger partial charge in [0, 0.05) is 12.6 Å². The number of carbonyl (C=O) groups excluding carboxylic acids is 1. The summed E-state index contributed by atoms with van der Waals surface area (Å²) >= 11 is 0. The van der Waals surface area contributed by atoms with Crippen molar-refractivity contribution in [1.29, 1.82) is 0 Å². The zero-order valence-electron chi connectivity index (χ0n) is 11.4. The fraction of sp³-hybridized carbons (Fsp3) is 0.929. The van der Waals surface area contributed by atoms with Crippen LogP contribution in [0.25, 0.3) is 0 Å². The minimum absolute atomic E-state index is 0.0811. The smallest absolute Gasteiger partial charge is 0.227 e. The minimum Gasteiger partial charge on any atom is -0.379 e.